The molecule has 2 heterocycles. The molecule has 0 unspecified atom stereocenters. The number of carbonyl (C=O) groups is 2. The number of halogens is 1. The number of benzene rings is 4. The van der Waals surface area contributed by atoms with Gasteiger partial charge in [0.1, 0.15) is 0 Å². The number of nitrogens with zero attached hydrogens (tertiary/aromatic N) is 3. The van der Waals surface area contributed by atoms with Gasteiger partial charge in [-0.25, -0.2) is 34.4 Å². The van der Waals surface area contributed by atoms with Gasteiger partial charge in [-0.1, -0.05) is 58.7 Å². The van der Waals surface area contributed by atoms with Crippen molar-refractivity contribution in [3.8, 4) is 6.07 Å². The second-order valence-electron chi connectivity index (χ2n) is 24.3. The lowest BCUT2D eigenvalue weighted by molar-refractivity contribution is 0.186. The SMILES string of the molecule is C.COC(=O)Nc1cc(Br)c2ccn(S(=O)(=O)c3ccc(C)cc3)c2c1.COC(=O)Nc1cc(C#N)c2ccn(S(=O)(=O)c3ccc(C)cc3)c2c1.[B]B([B])B([B])B(B([B])[B])B(B(B([B])[B])B([B])[B])B(B(B(B([B])[B])B([B])[B])B(B([B])[B])B([B])[B])B(B(B([B])[B])B([B])[B])B(B([B])[B])B([B])[B]. The van der Waals surface area contributed by atoms with E-state index >= 15 is 0 Å². The van der Waals surface area contributed by atoms with E-state index in [2.05, 4.69) is 36.0 Å². The number of nitriles is 1. The maximum Gasteiger partial charge on any atom is 0.411 e. The first-order valence-electron chi connectivity index (χ1n) is 30.6. The molecule has 100 heavy (non-hydrogen) atoms. The molecular weight excluding hydrogens is 1290 g/mol. The first-order chi connectivity index (χ1) is 46.0. The Morgan fingerprint density at radius 3 is 0.960 bits per heavy atom. The van der Waals surface area contributed by atoms with Crippen LogP contribution in [0.4, 0.5) is 21.0 Å². The normalized spacial score (nSPS) is 10.4. The van der Waals surface area contributed by atoms with Gasteiger partial charge in [-0.3, -0.25) is 10.6 Å². The minimum absolute atomic E-state index is 0. The number of aryl methyl sites for hydroxylation is 2. The van der Waals surface area contributed by atoms with Crippen molar-refractivity contribution in [3.05, 3.63) is 118 Å². The highest BCUT2D eigenvalue weighted by Gasteiger charge is 2.59. The average Bonchev–Trinajstić information content (AvgIpc) is 0.785. The largest absolute Gasteiger partial charge is 0.453 e. The Bertz CT molecular complexity index is 3770. The van der Waals surface area contributed by atoms with Crippen LogP contribution in [0.3, 0.4) is 0 Å². The Hall–Kier alpha value is -2.51. The molecule has 0 spiro atoms. The van der Waals surface area contributed by atoms with E-state index in [1.165, 1.54) is 54.9 Å². The zero-order valence-electron chi connectivity index (χ0n) is 55.3. The topological polar surface area (TPSA) is 179 Å². The minimum atomic E-state index is -3.85. The summed E-state index contributed by atoms with van der Waals surface area (Å²) in [4.78, 5) is 23.2. The molecule has 6 aromatic rings. The quantitative estimate of drug-likeness (QED) is 0.0452. The Balaban J connectivity index is 0.000000419. The Morgan fingerprint density at radius 2 is 0.680 bits per heavy atom. The monoisotopic (exact) mass is 1340 g/mol. The zero-order chi connectivity index (χ0) is 75.4. The number of amides is 2. The van der Waals surface area contributed by atoms with Crippen molar-refractivity contribution in [2.24, 2.45) is 0 Å². The molecule has 4 aromatic carbocycles. The van der Waals surface area contributed by atoms with E-state index in [0.29, 0.717) is 26.4 Å². The first-order valence-corrected chi connectivity index (χ1v) is 34.2. The number of rotatable bonds is 28. The third kappa shape index (κ3) is 22.8. The van der Waals surface area contributed by atoms with Crippen LogP contribution in [0, 0.1) is 25.2 Å². The fraction of sp³-hybridized carbons (Fsp3) is 0.139. The standard InChI is InChI=1S/C18H15N3O4S.C17H15BrN2O4S.CH4.B48/c1-12-3-5-15(6-4-12)26(23,24)21-8-7-16-13(11-19)9-14(10-17(16)21)20-18(22)25-2;1-11-3-5-13(6-4-11)25(22,23)20-8-7-14-15(18)9-12(10-16(14)20)19-17(21)24-2;;1-26(2)38(25)44(37(23)24)47(43(35(19)20)36(21)22)48(45(39(27(3)4)28(5)6)40(29(7)8)30(9)10)46(41(31(11)12)32(13)14)42(33(15)16)34(17)18/h3-10H,1-2H3,(H,20,22);3-10H,1-2H3,(H,19,21);1H4;. The maximum atomic E-state index is 13.0. The van der Waals surface area contributed by atoms with Gasteiger partial charge in [0.2, 0.25) is 0 Å². The summed E-state index contributed by atoms with van der Waals surface area (Å²) < 4.78 is 63.9. The van der Waals surface area contributed by atoms with Crippen LogP contribution in [0.5, 0.6) is 0 Å². The molecule has 0 aliphatic rings. The van der Waals surface area contributed by atoms with Gasteiger partial charge in [0.15, 0.2) is 0 Å². The van der Waals surface area contributed by atoms with Crippen molar-refractivity contribution < 1.29 is 35.9 Å². The van der Waals surface area contributed by atoms with Crippen molar-refractivity contribution >= 4 is 422 Å². The number of nitrogens with one attached hydrogen (secondary N) is 2. The predicted octanol–water partition coefficient (Wildman–Crippen LogP) is -10.3. The first kappa shape index (κ1) is 91.7. The number of aromatic nitrogens is 2. The van der Waals surface area contributed by atoms with E-state index < -0.39 is 179 Å². The third-order valence-electron chi connectivity index (χ3n) is 17.4. The molecule has 0 bridgehead atoms. The van der Waals surface area contributed by atoms with E-state index in [9.17, 15) is 31.7 Å². The van der Waals surface area contributed by atoms with E-state index in [0.717, 1.165) is 15.1 Å². The molecular formula is C36H34B48BrN5O8S2. The highest BCUT2D eigenvalue weighted by atomic mass is 79.9. The molecule has 13 nitrogen and oxygen atoms in total. The summed E-state index contributed by atoms with van der Waals surface area (Å²) in [6.07, 6.45) is -27.5. The number of fused-ring (bicyclic) bond motifs is 2. The molecule has 0 saturated carbocycles. The van der Waals surface area contributed by atoms with Crippen LogP contribution in [0.1, 0.15) is 24.1 Å². The van der Waals surface area contributed by atoms with Crippen LogP contribution in [0.15, 0.2) is 112 Å². The Labute approximate surface area is 645 Å². The van der Waals surface area contributed by atoms with Crippen molar-refractivity contribution in [1.82, 2.24) is 7.94 Å². The van der Waals surface area contributed by atoms with Crippen LogP contribution in [0.2, 0.25) is 0 Å². The van der Waals surface area contributed by atoms with Crippen LogP contribution in [0.25, 0.3) is 21.8 Å². The zero-order valence-corrected chi connectivity index (χ0v) is 58.5. The van der Waals surface area contributed by atoms with E-state index in [4.69, 9.17) is 193 Å². The van der Waals surface area contributed by atoms with Gasteiger partial charge in [0.25, 0.3) is 20.0 Å². The second-order valence-corrected chi connectivity index (χ2v) is 28.8. The predicted molar refractivity (Wildman–Crippen MR) is 479 cm³/mol. The number of methoxy groups -OCH3 is 2. The molecule has 0 aliphatic heterocycles. The van der Waals surface area contributed by atoms with Gasteiger partial charge in [-0.05, 0) is 74.5 Å². The molecule has 0 saturated heterocycles. The number of anilines is 2. The van der Waals surface area contributed by atoms with Crippen LogP contribution < -0.4 is 10.6 Å². The van der Waals surface area contributed by atoms with E-state index in [1.54, 1.807) is 60.7 Å². The van der Waals surface area contributed by atoms with Gasteiger partial charge < -0.3 is 9.47 Å². The van der Waals surface area contributed by atoms with E-state index in [-0.39, 0.29) is 34.0 Å². The summed E-state index contributed by atoms with van der Waals surface area (Å²) >= 11 is 3.41. The maximum absolute atomic E-state index is 13.0. The number of hydrogen-bond acceptors (Lipinski definition) is 9. The summed E-state index contributed by atoms with van der Waals surface area (Å²) in [6.45, 7) is 3.76. The van der Waals surface area contributed by atoms with Gasteiger partial charge >= 0.3 is 12.2 Å². The van der Waals surface area contributed by atoms with Crippen molar-refractivity contribution in [3.63, 3.8) is 0 Å². The fourth-order valence-corrected chi connectivity index (χ4v) is 16.2. The lowest BCUT2D eigenvalue weighted by Crippen LogP contribution is -2.94. The Morgan fingerprint density at radius 1 is 0.410 bits per heavy atom. The molecule has 414 valence electrons. The molecule has 2 aromatic heterocycles. The van der Waals surface area contributed by atoms with Crippen LogP contribution in [-0.2, 0) is 29.5 Å². The second kappa shape index (κ2) is 40.4. The molecule has 0 atom stereocenters. The molecule has 2 amide bonds. The average molecular weight is 1330 g/mol. The summed E-state index contributed by atoms with van der Waals surface area (Å²) in [5, 5.41) is 15.5. The van der Waals surface area contributed by atoms with Crippen molar-refractivity contribution in [2.45, 2.75) is 31.1 Å². The fourth-order valence-electron chi connectivity index (χ4n) is 13.0. The highest BCUT2D eigenvalue weighted by Crippen LogP contribution is 2.33. The molecule has 64 heteroatoms. The Kier molecular flexibility index (Phi) is 37.1. The summed E-state index contributed by atoms with van der Waals surface area (Å²) in [5.41, 5.74) is 3.58. The number of hydrogen-bond donors (Lipinski definition) is 2. The van der Waals surface area contributed by atoms with Gasteiger partial charge in [0.05, 0.1) is 46.7 Å². The van der Waals surface area contributed by atoms with E-state index in [1.807, 2.05) is 19.9 Å². The lowest BCUT2D eigenvalue weighted by atomic mass is 8.25. The summed E-state index contributed by atoms with van der Waals surface area (Å²) in [6, 6.07) is 24.6. The molecule has 6 rings (SSSR count). The van der Waals surface area contributed by atoms with Gasteiger partial charge in [-0.2, -0.15) is 5.26 Å². The molecule has 50 radical (unpaired) electrons. The van der Waals surface area contributed by atoms with Gasteiger partial charge in [-0.15, -0.1) is 0 Å². The van der Waals surface area contributed by atoms with Crippen LogP contribution in [-0.4, -0.2) is 391 Å². The smallest absolute Gasteiger partial charge is 0.411 e. The summed E-state index contributed by atoms with van der Waals surface area (Å²) in [5.74, 6) is 0. The van der Waals surface area contributed by atoms with Gasteiger partial charge in [0, 0.05) is 379 Å². The summed E-state index contributed by atoms with van der Waals surface area (Å²) in [7, 11) is 155. The lowest BCUT2D eigenvalue weighted by Gasteiger charge is -2.56. The van der Waals surface area contributed by atoms with Crippen molar-refractivity contribution in [2.75, 3.05) is 24.9 Å². The minimum Gasteiger partial charge on any atom is -0.453 e. The molecule has 0 fully saturated rings. The van der Waals surface area contributed by atoms with Crippen molar-refractivity contribution in [1.29, 1.82) is 5.26 Å². The number of carbonyl (C=O) groups excluding carboxylic acids is 2. The van der Waals surface area contributed by atoms with Crippen LogP contribution >= 0.6 is 15.9 Å². The molecule has 2 N–H and O–H groups in total. The molecule has 0 aliphatic carbocycles. The highest BCUT2D eigenvalue weighted by molar-refractivity contribution is 9.10. The third-order valence-corrected chi connectivity index (χ3v) is 21.5. The number of ether oxygens (including phenoxy) is 2.